The Balaban J connectivity index is 2.81. The van der Waals surface area contributed by atoms with Crippen LogP contribution >= 0.6 is 0 Å². The predicted octanol–water partition coefficient (Wildman–Crippen LogP) is -0.612. The Bertz CT molecular complexity index is 62.6. The summed E-state index contributed by atoms with van der Waals surface area (Å²) in [6.45, 7) is 0. The van der Waals surface area contributed by atoms with Crippen LogP contribution in [0.3, 0.4) is 0 Å². The fourth-order valence-electron chi connectivity index (χ4n) is 0.0192. The number of hydrogen-bond acceptors (Lipinski definition) is 3. The van der Waals surface area contributed by atoms with Crippen LogP contribution in [0.25, 0.3) is 0 Å². The maximum Gasteiger partial charge on any atom is 0.122 e. The van der Waals surface area contributed by atoms with Crippen molar-refractivity contribution in [3.05, 3.63) is 0 Å². The molecule has 0 saturated carbocycles. The van der Waals surface area contributed by atoms with E-state index < -0.39 is 0 Å². The quantitative estimate of drug-likeness (QED) is 0.322. The summed E-state index contributed by atoms with van der Waals surface area (Å²) in [6, 6.07) is 0. The standard InChI is InChI=1S/H2N2O2/c1-2-3-4-2/h1H2. The molecule has 0 fully saturated rings. The minimum absolute atomic E-state index is 0.750. The molecule has 0 unspecified atom stereocenters. The van der Waals surface area contributed by atoms with Crippen LogP contribution in [0.5, 0.6) is 0 Å². The van der Waals surface area contributed by atoms with Crippen molar-refractivity contribution >= 4 is 0 Å². The van der Waals surface area contributed by atoms with Gasteiger partial charge in [-0.15, -0.1) is 9.36 Å². The van der Waals surface area contributed by atoms with E-state index in [1.165, 1.54) is 0 Å². The summed E-state index contributed by atoms with van der Waals surface area (Å²) in [5.41, 5.74) is 0. The Labute approximate surface area is 21.6 Å². The van der Waals surface area contributed by atoms with Crippen molar-refractivity contribution in [2.75, 3.05) is 5.84 Å². The van der Waals surface area contributed by atoms with Crippen molar-refractivity contribution in [2.45, 2.75) is 0 Å². The monoisotopic (exact) mass is 62.0 g/mol. The van der Waals surface area contributed by atoms with Gasteiger partial charge in [-0.05, 0) is 0 Å². The summed E-state index contributed by atoms with van der Waals surface area (Å²) < 4.78 is 7.64. The Morgan fingerprint density at radius 1 is 1.50 bits per heavy atom. The molecule has 0 amide bonds. The van der Waals surface area contributed by atoms with Crippen LogP contribution in [-0.4, -0.2) is 5.02 Å². The van der Waals surface area contributed by atoms with E-state index in [1.807, 2.05) is 0 Å². The van der Waals surface area contributed by atoms with Gasteiger partial charge in [-0.3, -0.25) is 5.84 Å². The first kappa shape index (κ1) is 1.51. The maximum absolute atomic E-state index is 4.61. The second kappa shape index (κ2) is 0.180. The number of aromatic nitrogens is 1. The van der Waals surface area contributed by atoms with E-state index in [4.69, 9.17) is 0 Å². The Hall–Kier alpha value is -0.800. The highest BCUT2D eigenvalue weighted by Gasteiger charge is 1.81. The highest BCUT2D eigenvalue weighted by atomic mass is 17.3. The van der Waals surface area contributed by atoms with Crippen LogP contribution in [0.4, 0.5) is 0 Å². The zero-order valence-corrected chi connectivity index (χ0v) is 1.84. The molecule has 1 aromatic rings. The molecule has 0 radical (unpaired) electrons. The number of nitrogens with zero attached hydrogens (tertiary/aromatic N) is 1. The van der Waals surface area contributed by atoms with Gasteiger partial charge in [-0.2, -0.15) is 0 Å². The molecule has 0 aliphatic carbocycles. The van der Waals surface area contributed by atoms with Gasteiger partial charge in [0.05, 0.1) is 0 Å². The molecule has 0 aromatic carbocycles. The van der Waals surface area contributed by atoms with Crippen molar-refractivity contribution < 1.29 is 9.36 Å². The van der Waals surface area contributed by atoms with Gasteiger partial charge in [0.15, 0.2) is 0 Å². The molecule has 1 rings (SSSR count). The molecule has 4 heteroatoms. The molecule has 0 bridgehead atoms. The Morgan fingerprint density at radius 2 is 1.75 bits per heavy atom. The first-order valence-corrected chi connectivity index (χ1v) is 0.790. The highest BCUT2D eigenvalue weighted by molar-refractivity contribution is 3.86. The van der Waals surface area contributed by atoms with Crippen LogP contribution in [0.15, 0.2) is 9.36 Å². The number of rotatable bonds is 0. The normalized spacial score (nSPS) is 9.00. The smallest absolute Gasteiger partial charge is 0.122 e. The lowest BCUT2D eigenvalue weighted by Crippen LogP contribution is -1.91. The van der Waals surface area contributed by atoms with E-state index in [-0.39, 0.29) is 0 Å². The number of nitrogen functional groups attached to an aromatic ring is 1. The zero-order chi connectivity index (χ0) is 2.99. The van der Waals surface area contributed by atoms with E-state index in [2.05, 4.69) is 15.2 Å². The van der Waals surface area contributed by atoms with Crippen LogP contribution < -0.4 is 5.84 Å². The molecule has 0 atom stereocenters. The zero-order valence-electron chi connectivity index (χ0n) is 1.84. The lowest BCUT2D eigenvalue weighted by molar-refractivity contribution is 0.264. The molecule has 4 nitrogen and oxygen atoms in total. The molecule has 4 heavy (non-hydrogen) atoms. The lowest BCUT2D eigenvalue weighted by atomic mass is 12.8. The molecule has 1 aromatic heterocycles. The van der Waals surface area contributed by atoms with Crippen LogP contribution in [0.2, 0.25) is 0 Å². The Kier molecular flexibility index (Phi) is 0.0679. The molecule has 24 valence electrons. The summed E-state index contributed by atoms with van der Waals surface area (Å²) in [5.74, 6) is 4.61. The van der Waals surface area contributed by atoms with E-state index in [9.17, 15) is 0 Å². The third-order valence-electron chi connectivity index (χ3n) is 0.161. The topological polar surface area (TPSA) is 57.2 Å². The van der Waals surface area contributed by atoms with Crippen LogP contribution in [0, 0.1) is 0 Å². The first-order valence-electron chi connectivity index (χ1n) is 0.790. The SMILES string of the molecule is Nn1oo1. The van der Waals surface area contributed by atoms with Gasteiger partial charge in [-0.1, -0.05) is 0 Å². The van der Waals surface area contributed by atoms with E-state index in [0.717, 1.165) is 5.02 Å². The minimum atomic E-state index is 0.750. The van der Waals surface area contributed by atoms with Gasteiger partial charge in [0, 0.05) is 0 Å². The van der Waals surface area contributed by atoms with Gasteiger partial charge in [-0.25, -0.2) is 0 Å². The molecule has 0 spiro atoms. The number of hydrogen-bond donors (Lipinski definition) is 1. The second-order valence-electron chi connectivity index (χ2n) is 0.434. The third kappa shape index (κ3) is 0.00992. The molecule has 0 aliphatic heterocycles. The average molecular weight is 62.0 g/mol. The molecule has 0 aliphatic rings. The summed E-state index contributed by atoms with van der Waals surface area (Å²) >= 11 is 0. The molecule has 0 saturated heterocycles. The van der Waals surface area contributed by atoms with Gasteiger partial charge in [0.25, 0.3) is 0 Å². The highest BCUT2D eigenvalue weighted by Crippen LogP contribution is 1.75. The van der Waals surface area contributed by atoms with E-state index in [1.54, 1.807) is 0 Å². The van der Waals surface area contributed by atoms with Crippen molar-refractivity contribution in [2.24, 2.45) is 0 Å². The molecule has 2 N–H and O–H groups in total. The Morgan fingerprint density at radius 3 is 1.75 bits per heavy atom. The predicted molar refractivity (Wildman–Crippen MR) is 9.11 cm³/mol. The molecular weight excluding hydrogens is 60.0 g/mol. The fourth-order valence-corrected chi connectivity index (χ4v) is 0.0192. The van der Waals surface area contributed by atoms with E-state index >= 15 is 0 Å². The molecular formula is H2N2O2. The lowest BCUT2D eigenvalue weighted by Gasteiger charge is -1.40. The van der Waals surface area contributed by atoms with Crippen molar-refractivity contribution in [3.63, 3.8) is 0 Å². The van der Waals surface area contributed by atoms with Crippen LogP contribution in [-0.2, 0) is 0 Å². The minimum Gasteiger partial charge on any atom is -0.273 e. The second-order valence-corrected chi connectivity index (χ2v) is 0.434. The number of nitrogens with two attached hydrogens (primary N) is 1. The third-order valence-corrected chi connectivity index (χ3v) is 0.161. The summed E-state index contributed by atoms with van der Waals surface area (Å²) in [5, 5.41) is 0.750. The largest absolute Gasteiger partial charge is 0.273 e. The maximum atomic E-state index is 4.61. The van der Waals surface area contributed by atoms with Gasteiger partial charge < -0.3 is 0 Å². The van der Waals surface area contributed by atoms with Crippen molar-refractivity contribution in [3.8, 4) is 0 Å². The van der Waals surface area contributed by atoms with Gasteiger partial charge in [0.1, 0.15) is 5.02 Å². The van der Waals surface area contributed by atoms with Crippen molar-refractivity contribution in [1.82, 2.24) is 5.02 Å². The summed E-state index contributed by atoms with van der Waals surface area (Å²) in [6.07, 6.45) is 0. The summed E-state index contributed by atoms with van der Waals surface area (Å²) in [4.78, 5) is 0. The van der Waals surface area contributed by atoms with Crippen molar-refractivity contribution in [1.29, 1.82) is 0 Å². The molecule has 1 heterocycles. The van der Waals surface area contributed by atoms with Gasteiger partial charge >= 0.3 is 0 Å². The average Bonchev–Trinajstić information content (AvgIpc) is 1.75. The van der Waals surface area contributed by atoms with Crippen LogP contribution in [0.1, 0.15) is 0 Å². The van der Waals surface area contributed by atoms with Gasteiger partial charge in [0.2, 0.25) is 0 Å². The fraction of sp³-hybridized carbons (Fsp3) is 0. The first-order chi connectivity index (χ1) is 1.89. The van der Waals surface area contributed by atoms with E-state index in [0.29, 0.717) is 0 Å². The summed E-state index contributed by atoms with van der Waals surface area (Å²) in [7, 11) is 0.